The van der Waals surface area contributed by atoms with Gasteiger partial charge in [0.05, 0.1) is 12.0 Å². The van der Waals surface area contributed by atoms with E-state index in [1.54, 1.807) is 7.11 Å². The van der Waals surface area contributed by atoms with Crippen LogP contribution in [0.5, 0.6) is 0 Å². The fourth-order valence-corrected chi connectivity index (χ4v) is 3.10. The normalized spacial score (nSPS) is 16.2. The van der Waals surface area contributed by atoms with Crippen molar-refractivity contribution in [3.05, 3.63) is 34.3 Å². The van der Waals surface area contributed by atoms with Gasteiger partial charge in [0, 0.05) is 18.7 Å². The average molecular weight is 367 g/mol. The number of halogens is 1. The van der Waals surface area contributed by atoms with E-state index in [2.05, 4.69) is 10.6 Å². The third kappa shape index (κ3) is 5.72. The van der Waals surface area contributed by atoms with Gasteiger partial charge in [0.1, 0.15) is 6.10 Å². The summed E-state index contributed by atoms with van der Waals surface area (Å²) in [4.78, 5) is 24.5. The Balaban J connectivity index is 1.84. The van der Waals surface area contributed by atoms with Crippen molar-refractivity contribution in [1.29, 1.82) is 0 Å². The minimum Gasteiger partial charge on any atom is -0.372 e. The molecule has 0 spiro atoms. The van der Waals surface area contributed by atoms with Crippen molar-refractivity contribution in [2.45, 2.75) is 57.6 Å². The van der Waals surface area contributed by atoms with Crippen LogP contribution in [0.25, 0.3) is 0 Å². The lowest BCUT2D eigenvalue weighted by Gasteiger charge is -2.20. The molecule has 25 heavy (non-hydrogen) atoms. The van der Waals surface area contributed by atoms with Crippen molar-refractivity contribution in [2.75, 3.05) is 13.7 Å². The van der Waals surface area contributed by atoms with Crippen molar-refractivity contribution >= 4 is 23.4 Å². The van der Waals surface area contributed by atoms with Crippen LogP contribution in [0, 0.1) is 6.92 Å². The fourth-order valence-electron chi connectivity index (χ4n) is 2.79. The van der Waals surface area contributed by atoms with Gasteiger partial charge >= 0.3 is 0 Å². The van der Waals surface area contributed by atoms with Gasteiger partial charge in [-0.05, 0) is 43.4 Å². The van der Waals surface area contributed by atoms with Gasteiger partial charge in [-0.15, -0.1) is 0 Å². The second kappa shape index (κ2) is 8.68. The molecule has 0 aromatic heterocycles. The van der Waals surface area contributed by atoms with Crippen LogP contribution in [0.15, 0.2) is 18.2 Å². The summed E-state index contributed by atoms with van der Waals surface area (Å²) in [6.07, 6.45) is 3.12. The van der Waals surface area contributed by atoms with Crippen LogP contribution >= 0.6 is 11.6 Å². The van der Waals surface area contributed by atoms with Crippen LogP contribution in [-0.2, 0) is 20.7 Å². The number of carbonyl (C=O) groups excluding carboxylic acids is 2. The first-order chi connectivity index (χ1) is 11.9. The molecule has 1 atom stereocenters. The Labute approximate surface area is 154 Å². The maximum absolute atomic E-state index is 12.3. The molecular weight excluding hydrogens is 340 g/mol. The minimum absolute atomic E-state index is 0.0747. The molecule has 1 unspecified atom stereocenters. The van der Waals surface area contributed by atoms with E-state index in [4.69, 9.17) is 16.3 Å². The van der Waals surface area contributed by atoms with Gasteiger partial charge in [0.25, 0.3) is 0 Å². The molecule has 138 valence electrons. The summed E-state index contributed by atoms with van der Waals surface area (Å²) in [7, 11) is 1.54. The van der Waals surface area contributed by atoms with E-state index >= 15 is 0 Å². The second-order valence-corrected chi connectivity index (χ2v) is 7.24. The average Bonchev–Trinajstić information content (AvgIpc) is 3.32. The molecule has 6 heteroatoms. The molecular formula is C19H27ClN2O3. The lowest BCUT2D eigenvalue weighted by atomic mass is 10.1. The number of nitrogens with one attached hydrogen (secondary N) is 2. The molecule has 2 amide bonds. The Morgan fingerprint density at radius 1 is 1.36 bits per heavy atom. The summed E-state index contributed by atoms with van der Waals surface area (Å²) in [6.45, 7) is 4.41. The van der Waals surface area contributed by atoms with E-state index in [1.807, 2.05) is 32.0 Å². The molecule has 0 saturated heterocycles. The second-order valence-electron chi connectivity index (χ2n) is 6.83. The van der Waals surface area contributed by atoms with Gasteiger partial charge < -0.3 is 15.4 Å². The van der Waals surface area contributed by atoms with Gasteiger partial charge in [-0.2, -0.15) is 0 Å². The van der Waals surface area contributed by atoms with Gasteiger partial charge in [0.2, 0.25) is 11.8 Å². The lowest BCUT2D eigenvalue weighted by Crippen LogP contribution is -2.48. The van der Waals surface area contributed by atoms with Crippen LogP contribution in [0.2, 0.25) is 5.02 Å². The molecule has 1 aromatic rings. The highest BCUT2D eigenvalue weighted by Crippen LogP contribution is 2.34. The molecule has 2 N–H and O–H groups in total. The first-order valence-electron chi connectivity index (χ1n) is 8.75. The summed E-state index contributed by atoms with van der Waals surface area (Å²) < 4.78 is 5.21. The maximum atomic E-state index is 12.3. The number of aryl methyl sites for hydroxylation is 1. The van der Waals surface area contributed by atoms with Gasteiger partial charge in [0.15, 0.2) is 0 Å². The van der Waals surface area contributed by atoms with Crippen molar-refractivity contribution in [3.8, 4) is 0 Å². The predicted octanol–water partition coefficient (Wildman–Crippen LogP) is 2.77. The Morgan fingerprint density at radius 2 is 2.08 bits per heavy atom. The highest BCUT2D eigenvalue weighted by Gasteiger charge is 2.44. The number of hydrogen-bond acceptors (Lipinski definition) is 3. The third-order valence-electron chi connectivity index (χ3n) is 4.55. The van der Waals surface area contributed by atoms with Crippen LogP contribution in [-0.4, -0.2) is 37.1 Å². The van der Waals surface area contributed by atoms with Gasteiger partial charge in [-0.25, -0.2) is 0 Å². The van der Waals surface area contributed by atoms with Crippen molar-refractivity contribution in [3.63, 3.8) is 0 Å². The summed E-state index contributed by atoms with van der Waals surface area (Å²) in [5, 5.41) is 6.56. The molecule has 0 heterocycles. The standard InChI is InChI=1S/C19H27ClN2O3/c1-4-5-16(25-3)18(24)21-12-19(8-9-19)22-17(23)11-14-7-6-13(2)10-15(14)20/h6-7,10,16H,4-5,8-9,11-12H2,1-3H3,(H,21,24)(H,22,23). The molecule has 0 aliphatic heterocycles. The number of ether oxygens (including phenoxy) is 1. The molecule has 0 bridgehead atoms. The fraction of sp³-hybridized carbons (Fsp3) is 0.579. The molecule has 1 fully saturated rings. The zero-order valence-corrected chi connectivity index (χ0v) is 15.9. The van der Waals surface area contributed by atoms with Crippen LogP contribution in [0.1, 0.15) is 43.7 Å². The first kappa shape index (κ1) is 19.7. The molecule has 1 aliphatic carbocycles. The van der Waals surface area contributed by atoms with Gasteiger partial charge in [-0.3, -0.25) is 9.59 Å². The topological polar surface area (TPSA) is 67.4 Å². The molecule has 1 saturated carbocycles. The van der Waals surface area contributed by atoms with E-state index in [0.717, 1.165) is 30.4 Å². The highest BCUT2D eigenvalue weighted by atomic mass is 35.5. The van der Waals surface area contributed by atoms with Crippen LogP contribution in [0.4, 0.5) is 0 Å². The van der Waals surface area contributed by atoms with Crippen molar-refractivity contribution in [1.82, 2.24) is 10.6 Å². The monoisotopic (exact) mass is 366 g/mol. The zero-order valence-electron chi connectivity index (χ0n) is 15.2. The number of amides is 2. The number of methoxy groups -OCH3 is 1. The van der Waals surface area contributed by atoms with Crippen LogP contribution < -0.4 is 10.6 Å². The van der Waals surface area contributed by atoms with E-state index in [0.29, 0.717) is 18.0 Å². The van der Waals surface area contributed by atoms with E-state index in [-0.39, 0.29) is 23.8 Å². The van der Waals surface area contributed by atoms with Crippen molar-refractivity contribution < 1.29 is 14.3 Å². The lowest BCUT2D eigenvalue weighted by molar-refractivity contribution is -0.132. The van der Waals surface area contributed by atoms with Gasteiger partial charge in [-0.1, -0.05) is 37.1 Å². The molecule has 1 aromatic carbocycles. The van der Waals surface area contributed by atoms with E-state index in [9.17, 15) is 9.59 Å². The number of rotatable bonds is 9. The Bertz CT molecular complexity index is 629. The maximum Gasteiger partial charge on any atom is 0.249 e. The van der Waals surface area contributed by atoms with Crippen molar-refractivity contribution in [2.24, 2.45) is 0 Å². The molecule has 2 rings (SSSR count). The summed E-state index contributed by atoms with van der Waals surface area (Å²) in [5.74, 6) is -0.194. The summed E-state index contributed by atoms with van der Waals surface area (Å²) >= 11 is 6.19. The number of carbonyl (C=O) groups is 2. The zero-order chi connectivity index (χ0) is 18.4. The minimum atomic E-state index is -0.428. The summed E-state index contributed by atoms with van der Waals surface area (Å²) in [5.41, 5.74) is 1.55. The Morgan fingerprint density at radius 3 is 2.64 bits per heavy atom. The Hall–Kier alpha value is -1.59. The van der Waals surface area contributed by atoms with E-state index < -0.39 is 6.10 Å². The summed E-state index contributed by atoms with van der Waals surface area (Å²) in [6, 6.07) is 5.68. The predicted molar refractivity (Wildman–Crippen MR) is 98.7 cm³/mol. The smallest absolute Gasteiger partial charge is 0.249 e. The molecule has 1 aliphatic rings. The van der Waals surface area contributed by atoms with E-state index in [1.165, 1.54) is 0 Å². The quantitative estimate of drug-likeness (QED) is 0.706. The molecule has 0 radical (unpaired) electrons. The third-order valence-corrected chi connectivity index (χ3v) is 4.90. The first-order valence-corrected chi connectivity index (χ1v) is 9.13. The largest absolute Gasteiger partial charge is 0.372 e. The SMILES string of the molecule is CCCC(OC)C(=O)NCC1(NC(=O)Cc2ccc(C)cc2Cl)CC1. The number of hydrogen-bond donors (Lipinski definition) is 2. The highest BCUT2D eigenvalue weighted by molar-refractivity contribution is 6.31. The Kier molecular flexibility index (Phi) is 6.85. The molecule has 5 nitrogen and oxygen atoms in total. The number of benzene rings is 1. The van der Waals surface area contributed by atoms with Crippen LogP contribution in [0.3, 0.4) is 0 Å².